The number of hydrogen-bond acceptors (Lipinski definition) is 4. The van der Waals surface area contributed by atoms with E-state index in [0.717, 1.165) is 37.6 Å². The van der Waals surface area contributed by atoms with Gasteiger partial charge in [0.2, 0.25) is 5.28 Å². The van der Waals surface area contributed by atoms with E-state index >= 15 is 0 Å². The lowest BCUT2D eigenvalue weighted by Gasteiger charge is -2.25. The summed E-state index contributed by atoms with van der Waals surface area (Å²) in [7, 11) is 2.09. The van der Waals surface area contributed by atoms with Crippen LogP contribution >= 0.6 is 11.6 Å². The van der Waals surface area contributed by atoms with Crippen LogP contribution in [0.25, 0.3) is 0 Å². The maximum Gasteiger partial charge on any atom is 0.224 e. The van der Waals surface area contributed by atoms with Crippen molar-refractivity contribution in [2.24, 2.45) is 0 Å². The lowest BCUT2D eigenvalue weighted by Crippen LogP contribution is -2.28. The maximum absolute atomic E-state index is 6.03. The van der Waals surface area contributed by atoms with Crippen molar-refractivity contribution in [3.05, 3.63) is 52.4 Å². The molecule has 5 heteroatoms. The first-order chi connectivity index (χ1) is 9.72. The van der Waals surface area contributed by atoms with Gasteiger partial charge in [-0.1, -0.05) is 30.3 Å². The summed E-state index contributed by atoms with van der Waals surface area (Å²) in [5.74, 6) is 0.872. The third-order valence-electron chi connectivity index (χ3n) is 3.53. The molecule has 3 rings (SSSR count). The van der Waals surface area contributed by atoms with Gasteiger partial charge >= 0.3 is 0 Å². The number of likely N-dealkylation sites (N-methyl/N-ethyl adjacent to an activating group) is 1. The van der Waals surface area contributed by atoms with Crippen molar-refractivity contribution in [3.8, 4) is 0 Å². The Labute approximate surface area is 123 Å². The van der Waals surface area contributed by atoms with Crippen molar-refractivity contribution in [1.82, 2.24) is 14.9 Å². The molecule has 104 valence electrons. The first-order valence-corrected chi connectivity index (χ1v) is 7.12. The van der Waals surface area contributed by atoms with E-state index in [4.69, 9.17) is 11.6 Å². The van der Waals surface area contributed by atoms with Gasteiger partial charge in [-0.3, -0.25) is 0 Å². The minimum Gasteiger partial charge on any atom is -0.366 e. The van der Waals surface area contributed by atoms with Gasteiger partial charge in [0, 0.05) is 25.2 Å². The molecule has 2 heterocycles. The minimum absolute atomic E-state index is 0.314. The number of benzene rings is 1. The highest BCUT2D eigenvalue weighted by molar-refractivity contribution is 6.28. The Morgan fingerprint density at radius 1 is 1.25 bits per heavy atom. The van der Waals surface area contributed by atoms with Gasteiger partial charge in [0.1, 0.15) is 5.82 Å². The quantitative estimate of drug-likeness (QED) is 0.882. The summed E-state index contributed by atoms with van der Waals surface area (Å²) in [6.07, 6.45) is 0.958. The minimum atomic E-state index is 0.314. The summed E-state index contributed by atoms with van der Waals surface area (Å²) >= 11 is 6.03. The molecular weight excluding hydrogens is 272 g/mol. The van der Waals surface area contributed by atoms with Gasteiger partial charge < -0.3 is 10.2 Å². The van der Waals surface area contributed by atoms with E-state index in [1.54, 1.807) is 0 Å². The Bertz CT molecular complexity index is 600. The van der Waals surface area contributed by atoms with E-state index in [9.17, 15) is 0 Å². The van der Waals surface area contributed by atoms with Gasteiger partial charge in [0.25, 0.3) is 0 Å². The molecule has 0 radical (unpaired) electrons. The van der Waals surface area contributed by atoms with Crippen LogP contribution in [-0.4, -0.2) is 28.5 Å². The molecule has 0 atom stereocenters. The predicted octanol–water partition coefficient (Wildman–Crippen LogP) is 2.73. The topological polar surface area (TPSA) is 41.1 Å². The van der Waals surface area contributed by atoms with Gasteiger partial charge in [-0.2, -0.15) is 0 Å². The molecule has 0 unspecified atom stereocenters. The fourth-order valence-electron chi connectivity index (χ4n) is 2.46. The number of hydrogen-bond donors (Lipinski definition) is 1. The summed E-state index contributed by atoms with van der Waals surface area (Å²) in [5.41, 5.74) is 3.46. The van der Waals surface area contributed by atoms with Crippen molar-refractivity contribution < 1.29 is 0 Å². The Balaban J connectivity index is 1.82. The number of halogens is 1. The average Bonchev–Trinajstić information content (AvgIpc) is 2.45. The number of nitrogens with zero attached hydrogens (tertiary/aromatic N) is 3. The summed E-state index contributed by atoms with van der Waals surface area (Å²) in [6.45, 7) is 2.60. The molecule has 1 aromatic heterocycles. The fraction of sp³-hybridized carbons (Fsp3) is 0.333. The van der Waals surface area contributed by atoms with Gasteiger partial charge in [-0.05, 0) is 30.6 Å². The molecule has 0 aliphatic carbocycles. The normalized spacial score (nSPS) is 14.9. The SMILES string of the molecule is CN1CCc2c(nc(Cl)nc2NCc2ccccc2)C1. The van der Waals surface area contributed by atoms with Crippen LogP contribution in [-0.2, 0) is 19.5 Å². The zero-order valence-electron chi connectivity index (χ0n) is 11.4. The van der Waals surface area contributed by atoms with E-state index < -0.39 is 0 Å². The molecular formula is C15H17ClN4. The first-order valence-electron chi connectivity index (χ1n) is 6.74. The zero-order chi connectivity index (χ0) is 13.9. The lowest BCUT2D eigenvalue weighted by atomic mass is 10.1. The smallest absolute Gasteiger partial charge is 0.224 e. The van der Waals surface area contributed by atoms with E-state index in [1.165, 1.54) is 11.1 Å². The maximum atomic E-state index is 6.03. The van der Waals surface area contributed by atoms with E-state index in [2.05, 4.69) is 39.4 Å². The second-order valence-electron chi connectivity index (χ2n) is 5.09. The summed E-state index contributed by atoms with van der Waals surface area (Å²) in [6, 6.07) is 10.3. The monoisotopic (exact) mass is 288 g/mol. The molecule has 0 bridgehead atoms. The molecule has 4 nitrogen and oxygen atoms in total. The highest BCUT2D eigenvalue weighted by Crippen LogP contribution is 2.24. The molecule has 0 spiro atoms. The van der Waals surface area contributed by atoms with Crippen LogP contribution in [0.2, 0.25) is 5.28 Å². The predicted molar refractivity (Wildman–Crippen MR) is 80.8 cm³/mol. The van der Waals surface area contributed by atoms with Crippen LogP contribution in [0.15, 0.2) is 30.3 Å². The Morgan fingerprint density at radius 2 is 2.05 bits per heavy atom. The lowest BCUT2D eigenvalue weighted by molar-refractivity contribution is 0.307. The average molecular weight is 289 g/mol. The highest BCUT2D eigenvalue weighted by atomic mass is 35.5. The first kappa shape index (κ1) is 13.3. The van der Waals surface area contributed by atoms with E-state index in [-0.39, 0.29) is 0 Å². The van der Waals surface area contributed by atoms with Crippen molar-refractivity contribution in [1.29, 1.82) is 0 Å². The molecule has 1 N–H and O–H groups in total. The second-order valence-corrected chi connectivity index (χ2v) is 5.43. The van der Waals surface area contributed by atoms with Crippen LogP contribution in [0.4, 0.5) is 5.82 Å². The molecule has 1 aromatic carbocycles. The number of fused-ring (bicyclic) bond motifs is 1. The van der Waals surface area contributed by atoms with Crippen molar-refractivity contribution >= 4 is 17.4 Å². The Morgan fingerprint density at radius 3 is 2.85 bits per heavy atom. The molecule has 1 aliphatic heterocycles. The van der Waals surface area contributed by atoms with Crippen LogP contribution in [0.5, 0.6) is 0 Å². The number of nitrogens with one attached hydrogen (secondary N) is 1. The van der Waals surface area contributed by atoms with Gasteiger partial charge in [-0.15, -0.1) is 0 Å². The zero-order valence-corrected chi connectivity index (χ0v) is 12.2. The Kier molecular flexibility index (Phi) is 3.85. The van der Waals surface area contributed by atoms with Gasteiger partial charge in [0.15, 0.2) is 0 Å². The van der Waals surface area contributed by atoms with Crippen molar-refractivity contribution in [3.63, 3.8) is 0 Å². The van der Waals surface area contributed by atoms with E-state index in [1.807, 2.05) is 18.2 Å². The summed E-state index contributed by atoms with van der Waals surface area (Å²) in [4.78, 5) is 10.9. The molecule has 20 heavy (non-hydrogen) atoms. The third kappa shape index (κ3) is 2.92. The summed E-state index contributed by atoms with van der Waals surface area (Å²) < 4.78 is 0. The van der Waals surface area contributed by atoms with E-state index in [0.29, 0.717) is 5.28 Å². The molecule has 1 aliphatic rings. The number of anilines is 1. The molecule has 2 aromatic rings. The van der Waals surface area contributed by atoms with Crippen molar-refractivity contribution in [2.45, 2.75) is 19.5 Å². The fourth-order valence-corrected chi connectivity index (χ4v) is 2.65. The molecule has 0 fully saturated rings. The van der Waals surface area contributed by atoms with Crippen LogP contribution in [0, 0.1) is 0 Å². The highest BCUT2D eigenvalue weighted by Gasteiger charge is 2.19. The van der Waals surface area contributed by atoms with Crippen LogP contribution in [0.1, 0.15) is 16.8 Å². The van der Waals surface area contributed by atoms with Gasteiger partial charge in [0.05, 0.1) is 5.69 Å². The number of aromatic nitrogens is 2. The third-order valence-corrected chi connectivity index (χ3v) is 3.70. The van der Waals surface area contributed by atoms with Crippen LogP contribution in [0.3, 0.4) is 0 Å². The molecule has 0 saturated heterocycles. The standard InChI is InChI=1S/C15H17ClN4/c1-20-8-7-12-13(10-20)18-15(16)19-14(12)17-9-11-5-3-2-4-6-11/h2-6H,7-10H2,1H3,(H,17,18,19). The molecule has 0 amide bonds. The summed E-state index contributed by atoms with van der Waals surface area (Å²) in [5, 5.41) is 3.71. The molecule has 0 saturated carbocycles. The van der Waals surface area contributed by atoms with Crippen LogP contribution < -0.4 is 5.32 Å². The largest absolute Gasteiger partial charge is 0.366 e. The second kappa shape index (κ2) is 5.77. The number of rotatable bonds is 3. The van der Waals surface area contributed by atoms with Crippen molar-refractivity contribution in [2.75, 3.05) is 18.9 Å². The Hall–Kier alpha value is -1.65. The van der Waals surface area contributed by atoms with Gasteiger partial charge in [-0.25, -0.2) is 9.97 Å².